The zero-order valence-corrected chi connectivity index (χ0v) is 13.2. The monoisotopic (exact) mass is 308 g/mol. The zero-order valence-electron chi connectivity index (χ0n) is 11.6. The number of benzene rings is 1. The highest BCUT2D eigenvalue weighted by Gasteiger charge is 2.19. The summed E-state index contributed by atoms with van der Waals surface area (Å²) in [4.78, 5) is 13.1. The Morgan fingerprint density at radius 1 is 1.40 bits per heavy atom. The van der Waals surface area contributed by atoms with Crippen molar-refractivity contribution in [1.29, 1.82) is 0 Å². The Hall–Kier alpha value is -1.53. The average molecular weight is 308 g/mol. The van der Waals surface area contributed by atoms with Crippen molar-refractivity contribution in [2.45, 2.75) is 18.7 Å². The molecule has 0 saturated carbocycles. The number of rotatable bonds is 5. The largest absolute Gasteiger partial charge is 0.462 e. The van der Waals surface area contributed by atoms with E-state index in [2.05, 4.69) is 9.69 Å². The maximum Gasteiger partial charge on any atom is 0.343 e. The van der Waals surface area contributed by atoms with Crippen LogP contribution in [0.3, 0.4) is 0 Å². The van der Waals surface area contributed by atoms with Crippen LogP contribution in [0.4, 0.5) is 10.7 Å². The van der Waals surface area contributed by atoms with Gasteiger partial charge in [-0.25, -0.2) is 4.79 Å². The van der Waals surface area contributed by atoms with Gasteiger partial charge in [0, 0.05) is 10.6 Å². The number of esters is 1. The highest BCUT2D eigenvalue weighted by molar-refractivity contribution is 7.98. The van der Waals surface area contributed by atoms with Gasteiger partial charge in [0.15, 0.2) is 0 Å². The van der Waals surface area contributed by atoms with Gasteiger partial charge < -0.3 is 10.1 Å². The molecular formula is C14H16N2O2S2. The van der Waals surface area contributed by atoms with Crippen LogP contribution in [0.1, 0.15) is 23.0 Å². The predicted molar refractivity (Wildman–Crippen MR) is 84.3 cm³/mol. The van der Waals surface area contributed by atoms with Gasteiger partial charge in [-0.05, 0) is 55.9 Å². The van der Waals surface area contributed by atoms with E-state index in [1.165, 1.54) is 16.4 Å². The number of nitrogens with one attached hydrogen (secondary N) is 1. The molecule has 1 aromatic heterocycles. The van der Waals surface area contributed by atoms with E-state index in [4.69, 9.17) is 4.74 Å². The second-order valence-electron chi connectivity index (χ2n) is 4.05. The molecule has 2 rings (SSSR count). The fourth-order valence-electron chi connectivity index (χ4n) is 1.70. The fourth-order valence-corrected chi connectivity index (χ4v) is 2.92. The number of anilines is 2. The lowest BCUT2D eigenvalue weighted by Gasteiger charge is -2.07. The molecule has 106 valence electrons. The van der Waals surface area contributed by atoms with Gasteiger partial charge in [-0.3, -0.25) is 0 Å². The van der Waals surface area contributed by atoms with Crippen LogP contribution in [-0.2, 0) is 4.74 Å². The molecule has 2 aromatic rings. The lowest BCUT2D eigenvalue weighted by Crippen LogP contribution is -2.07. The normalized spacial score (nSPS) is 10.3. The standard InChI is InChI=1S/C14H16N2O2S2/c1-4-18-14(17)12-9(2)16-20-13(12)15-10-5-7-11(19-3)8-6-10/h5-8,15H,4H2,1-3H3. The molecule has 0 fully saturated rings. The van der Waals surface area contributed by atoms with Crippen LogP contribution in [0.25, 0.3) is 0 Å². The smallest absolute Gasteiger partial charge is 0.343 e. The van der Waals surface area contributed by atoms with E-state index in [1.54, 1.807) is 18.7 Å². The van der Waals surface area contributed by atoms with Gasteiger partial charge in [0.05, 0.1) is 12.3 Å². The second kappa shape index (κ2) is 6.76. The van der Waals surface area contributed by atoms with Crippen LogP contribution in [0.5, 0.6) is 0 Å². The van der Waals surface area contributed by atoms with E-state index in [9.17, 15) is 4.79 Å². The summed E-state index contributed by atoms with van der Waals surface area (Å²) >= 11 is 2.96. The number of hydrogen-bond donors (Lipinski definition) is 1. The number of nitrogens with zero attached hydrogens (tertiary/aromatic N) is 1. The summed E-state index contributed by atoms with van der Waals surface area (Å²) < 4.78 is 9.29. The van der Waals surface area contributed by atoms with E-state index in [0.717, 1.165) is 10.7 Å². The van der Waals surface area contributed by atoms with Crippen molar-refractivity contribution < 1.29 is 9.53 Å². The second-order valence-corrected chi connectivity index (χ2v) is 5.70. The Balaban J connectivity index is 2.22. The van der Waals surface area contributed by atoms with Crippen molar-refractivity contribution in [3.8, 4) is 0 Å². The van der Waals surface area contributed by atoms with Crippen LogP contribution in [0.2, 0.25) is 0 Å². The predicted octanol–water partition coefficient (Wildman–Crippen LogP) is 4.09. The van der Waals surface area contributed by atoms with E-state index < -0.39 is 0 Å². The first-order chi connectivity index (χ1) is 9.65. The summed E-state index contributed by atoms with van der Waals surface area (Å²) in [6.07, 6.45) is 2.04. The first-order valence-corrected chi connectivity index (χ1v) is 8.20. The molecule has 0 aliphatic heterocycles. The van der Waals surface area contributed by atoms with Gasteiger partial charge in [-0.2, -0.15) is 4.37 Å². The summed E-state index contributed by atoms with van der Waals surface area (Å²) in [6.45, 7) is 3.96. The van der Waals surface area contributed by atoms with Crippen molar-refractivity contribution in [2.24, 2.45) is 0 Å². The van der Waals surface area contributed by atoms with Crippen molar-refractivity contribution in [3.63, 3.8) is 0 Å². The Morgan fingerprint density at radius 2 is 2.10 bits per heavy atom. The topological polar surface area (TPSA) is 51.2 Å². The Morgan fingerprint density at radius 3 is 2.70 bits per heavy atom. The van der Waals surface area contributed by atoms with Gasteiger partial charge in [-0.1, -0.05) is 0 Å². The lowest BCUT2D eigenvalue weighted by atomic mass is 10.2. The van der Waals surface area contributed by atoms with Crippen LogP contribution in [0.15, 0.2) is 29.2 Å². The van der Waals surface area contributed by atoms with Gasteiger partial charge in [0.1, 0.15) is 10.6 Å². The Kier molecular flexibility index (Phi) is 5.03. The molecule has 0 atom stereocenters. The molecule has 6 heteroatoms. The highest BCUT2D eigenvalue weighted by Crippen LogP contribution is 2.29. The minimum Gasteiger partial charge on any atom is -0.462 e. The molecule has 0 unspecified atom stereocenters. The lowest BCUT2D eigenvalue weighted by molar-refractivity contribution is 0.0527. The van der Waals surface area contributed by atoms with Crippen molar-refractivity contribution in [1.82, 2.24) is 4.37 Å². The molecule has 1 N–H and O–H groups in total. The van der Waals surface area contributed by atoms with Crippen LogP contribution in [0, 0.1) is 6.92 Å². The van der Waals surface area contributed by atoms with Crippen molar-refractivity contribution >= 4 is 40.0 Å². The minimum absolute atomic E-state index is 0.331. The minimum atomic E-state index is -0.331. The Bertz CT molecular complexity index is 594. The van der Waals surface area contributed by atoms with E-state index in [1.807, 2.05) is 37.4 Å². The Labute approximate surface area is 126 Å². The molecule has 0 bridgehead atoms. The number of thioether (sulfide) groups is 1. The quantitative estimate of drug-likeness (QED) is 0.666. The first-order valence-electron chi connectivity index (χ1n) is 6.20. The molecule has 0 saturated heterocycles. The number of aryl methyl sites for hydroxylation is 1. The molecule has 0 radical (unpaired) electrons. The summed E-state index contributed by atoms with van der Waals surface area (Å²) in [5, 5.41) is 3.95. The van der Waals surface area contributed by atoms with Crippen LogP contribution in [-0.4, -0.2) is 23.2 Å². The number of ether oxygens (including phenoxy) is 1. The highest BCUT2D eigenvalue weighted by atomic mass is 32.2. The van der Waals surface area contributed by atoms with Gasteiger partial charge in [-0.15, -0.1) is 11.8 Å². The molecule has 0 aliphatic rings. The summed E-state index contributed by atoms with van der Waals surface area (Å²) in [5.74, 6) is -0.331. The maximum atomic E-state index is 11.9. The van der Waals surface area contributed by atoms with Gasteiger partial charge >= 0.3 is 5.97 Å². The van der Waals surface area contributed by atoms with E-state index in [-0.39, 0.29) is 5.97 Å². The molecule has 20 heavy (non-hydrogen) atoms. The molecule has 1 aromatic carbocycles. The fraction of sp³-hybridized carbons (Fsp3) is 0.286. The van der Waals surface area contributed by atoms with E-state index >= 15 is 0 Å². The summed E-state index contributed by atoms with van der Waals surface area (Å²) in [6, 6.07) is 8.03. The number of hydrogen-bond acceptors (Lipinski definition) is 6. The third-order valence-corrected chi connectivity index (χ3v) is 4.29. The molecule has 0 amide bonds. The third-order valence-electron chi connectivity index (χ3n) is 2.69. The summed E-state index contributed by atoms with van der Waals surface area (Å²) in [7, 11) is 0. The average Bonchev–Trinajstić information content (AvgIpc) is 2.81. The van der Waals surface area contributed by atoms with Crippen molar-refractivity contribution in [2.75, 3.05) is 18.2 Å². The number of carbonyl (C=O) groups is 1. The molecule has 0 aliphatic carbocycles. The zero-order chi connectivity index (χ0) is 14.5. The molecule has 0 spiro atoms. The number of aromatic nitrogens is 1. The van der Waals surface area contributed by atoms with Crippen molar-refractivity contribution in [3.05, 3.63) is 35.5 Å². The SMILES string of the molecule is CCOC(=O)c1c(C)nsc1Nc1ccc(SC)cc1. The summed E-state index contributed by atoms with van der Waals surface area (Å²) in [5.41, 5.74) is 2.14. The third kappa shape index (κ3) is 3.32. The van der Waals surface area contributed by atoms with Gasteiger partial charge in [0.2, 0.25) is 0 Å². The molecule has 1 heterocycles. The van der Waals surface area contributed by atoms with Crippen LogP contribution < -0.4 is 5.32 Å². The van der Waals surface area contributed by atoms with Crippen LogP contribution >= 0.6 is 23.3 Å². The maximum absolute atomic E-state index is 11.9. The molecule has 4 nitrogen and oxygen atoms in total. The molecular weight excluding hydrogens is 292 g/mol. The number of carbonyl (C=O) groups excluding carboxylic acids is 1. The first kappa shape index (κ1) is 14.9. The van der Waals surface area contributed by atoms with Gasteiger partial charge in [0.25, 0.3) is 0 Å². The van der Waals surface area contributed by atoms with E-state index in [0.29, 0.717) is 17.9 Å².